The Hall–Kier alpha value is -2.81. The number of amides is 1. The van der Waals surface area contributed by atoms with Crippen molar-refractivity contribution in [3.63, 3.8) is 0 Å². The number of halogens is 2. The molecule has 0 fully saturated rings. The van der Waals surface area contributed by atoms with Crippen LogP contribution < -0.4 is 9.73 Å². The molecule has 0 radical (unpaired) electrons. The second kappa shape index (κ2) is 7.84. The van der Waals surface area contributed by atoms with Crippen LogP contribution in [0.2, 0.25) is 0 Å². The van der Waals surface area contributed by atoms with Gasteiger partial charge in [0.25, 0.3) is 5.91 Å². The Morgan fingerprint density at radius 2 is 1.80 bits per heavy atom. The van der Waals surface area contributed by atoms with Crippen LogP contribution in [-0.2, 0) is 14.8 Å². The van der Waals surface area contributed by atoms with Crippen LogP contribution in [0.3, 0.4) is 0 Å². The first-order chi connectivity index (χ1) is 11.8. The molecule has 0 unspecified atom stereocenters. The van der Waals surface area contributed by atoms with E-state index < -0.39 is 34.1 Å². The van der Waals surface area contributed by atoms with Gasteiger partial charge in [-0.3, -0.25) is 9.10 Å². The van der Waals surface area contributed by atoms with Crippen molar-refractivity contribution in [3.8, 4) is 0 Å². The van der Waals surface area contributed by atoms with Gasteiger partial charge in [0.1, 0.15) is 18.2 Å². The zero-order valence-corrected chi connectivity index (χ0v) is 14.0. The largest absolute Gasteiger partial charge is 0.271 e. The van der Waals surface area contributed by atoms with Gasteiger partial charge in [0.2, 0.25) is 10.0 Å². The van der Waals surface area contributed by atoms with Crippen molar-refractivity contribution < 1.29 is 22.0 Å². The third-order valence-corrected chi connectivity index (χ3v) is 4.21. The molecule has 0 atom stereocenters. The summed E-state index contributed by atoms with van der Waals surface area (Å²) in [4.78, 5) is 11.9. The molecule has 0 saturated carbocycles. The average molecular weight is 367 g/mol. The first kappa shape index (κ1) is 18.5. The molecule has 9 heteroatoms. The molecule has 132 valence electrons. The third kappa shape index (κ3) is 5.35. The van der Waals surface area contributed by atoms with Crippen LogP contribution in [0.15, 0.2) is 53.6 Å². The summed E-state index contributed by atoms with van der Waals surface area (Å²) in [7, 11) is -3.88. The Morgan fingerprint density at radius 3 is 2.40 bits per heavy atom. The second-order valence-electron chi connectivity index (χ2n) is 5.07. The van der Waals surface area contributed by atoms with Crippen LogP contribution in [0.1, 0.15) is 5.56 Å². The van der Waals surface area contributed by atoms with Crippen LogP contribution in [0.5, 0.6) is 0 Å². The van der Waals surface area contributed by atoms with Crippen LogP contribution >= 0.6 is 0 Å². The molecule has 0 saturated heterocycles. The summed E-state index contributed by atoms with van der Waals surface area (Å²) < 4.78 is 51.0. The Kier molecular flexibility index (Phi) is 5.81. The highest BCUT2D eigenvalue weighted by molar-refractivity contribution is 7.92. The van der Waals surface area contributed by atoms with Gasteiger partial charge in [-0.1, -0.05) is 24.3 Å². The van der Waals surface area contributed by atoms with Crippen molar-refractivity contribution in [2.45, 2.75) is 0 Å². The summed E-state index contributed by atoms with van der Waals surface area (Å²) in [6, 6.07) is 10.6. The van der Waals surface area contributed by atoms with E-state index in [2.05, 4.69) is 10.5 Å². The number of carbonyl (C=O) groups excluding carboxylic acids is 1. The second-order valence-corrected chi connectivity index (χ2v) is 6.97. The minimum absolute atomic E-state index is 0.234. The molecule has 0 heterocycles. The molecule has 0 aromatic heterocycles. The third-order valence-electron chi connectivity index (χ3n) is 3.08. The summed E-state index contributed by atoms with van der Waals surface area (Å²) in [6.45, 7) is -0.638. The van der Waals surface area contributed by atoms with E-state index >= 15 is 0 Å². The lowest BCUT2D eigenvalue weighted by Gasteiger charge is -2.21. The smallest absolute Gasteiger partial charge is 0.260 e. The molecule has 0 spiro atoms. The van der Waals surface area contributed by atoms with Gasteiger partial charge in [-0.2, -0.15) is 5.10 Å². The molecule has 25 heavy (non-hydrogen) atoms. The van der Waals surface area contributed by atoms with E-state index in [1.54, 1.807) is 0 Å². The molecular formula is C16H15F2N3O3S. The summed E-state index contributed by atoms with van der Waals surface area (Å²) in [5.41, 5.74) is 2.45. The molecule has 0 bridgehead atoms. The molecule has 6 nitrogen and oxygen atoms in total. The number of para-hydroxylation sites is 1. The quantitative estimate of drug-likeness (QED) is 0.625. The molecule has 2 rings (SSSR count). The highest BCUT2D eigenvalue weighted by Crippen LogP contribution is 2.20. The maximum absolute atomic E-state index is 13.8. The van der Waals surface area contributed by atoms with Gasteiger partial charge in [-0.25, -0.2) is 22.6 Å². The predicted octanol–water partition coefficient (Wildman–Crippen LogP) is 1.88. The normalized spacial score (nSPS) is 11.5. The van der Waals surface area contributed by atoms with Gasteiger partial charge in [0.15, 0.2) is 0 Å². The van der Waals surface area contributed by atoms with E-state index in [0.29, 0.717) is 9.87 Å². The highest BCUT2D eigenvalue weighted by atomic mass is 32.2. The Labute approximate surface area is 143 Å². The fraction of sp³-hybridized carbons (Fsp3) is 0.125. The Balaban J connectivity index is 2.08. The van der Waals surface area contributed by atoms with Crippen LogP contribution in [0.25, 0.3) is 0 Å². The van der Waals surface area contributed by atoms with E-state index in [-0.39, 0.29) is 5.69 Å². The SMILES string of the molecule is CS(=O)(=O)N(CC(=O)N/N=C\c1ccc(F)cc1)c1ccccc1F. The van der Waals surface area contributed by atoms with Gasteiger partial charge in [-0.05, 0) is 29.8 Å². The number of hydrogen-bond donors (Lipinski definition) is 1. The lowest BCUT2D eigenvalue weighted by Crippen LogP contribution is -2.39. The Bertz CT molecular complexity index is 884. The monoisotopic (exact) mass is 367 g/mol. The summed E-state index contributed by atoms with van der Waals surface area (Å²) in [5, 5.41) is 3.66. The van der Waals surface area contributed by atoms with Crippen molar-refractivity contribution in [1.29, 1.82) is 0 Å². The zero-order chi connectivity index (χ0) is 18.4. The molecule has 2 aromatic carbocycles. The van der Waals surface area contributed by atoms with Crippen molar-refractivity contribution in [3.05, 3.63) is 65.7 Å². The topological polar surface area (TPSA) is 78.8 Å². The van der Waals surface area contributed by atoms with E-state index in [0.717, 1.165) is 12.3 Å². The van der Waals surface area contributed by atoms with Crippen LogP contribution in [0, 0.1) is 11.6 Å². The number of anilines is 1. The maximum Gasteiger partial charge on any atom is 0.260 e. The fourth-order valence-corrected chi connectivity index (χ4v) is 2.79. The Morgan fingerprint density at radius 1 is 1.16 bits per heavy atom. The van der Waals surface area contributed by atoms with Crippen LogP contribution in [-0.4, -0.2) is 33.3 Å². The number of rotatable bonds is 6. The number of sulfonamides is 1. The minimum Gasteiger partial charge on any atom is -0.271 e. The van der Waals surface area contributed by atoms with Crippen molar-refractivity contribution in [2.24, 2.45) is 5.10 Å². The molecular weight excluding hydrogens is 352 g/mol. The zero-order valence-electron chi connectivity index (χ0n) is 13.2. The number of hydrogen-bond acceptors (Lipinski definition) is 4. The standard InChI is InChI=1S/C16H15F2N3O3S/c1-25(23,24)21(15-5-3-2-4-14(15)18)11-16(22)20-19-10-12-6-8-13(17)9-7-12/h2-10H,11H2,1H3,(H,20,22)/b19-10-. The van der Waals surface area contributed by atoms with Gasteiger partial charge in [-0.15, -0.1) is 0 Å². The average Bonchev–Trinajstić information content (AvgIpc) is 2.54. The molecule has 0 aliphatic rings. The van der Waals surface area contributed by atoms with Crippen molar-refractivity contribution >= 4 is 27.8 Å². The molecule has 0 aliphatic carbocycles. The van der Waals surface area contributed by atoms with E-state index in [9.17, 15) is 22.0 Å². The first-order valence-corrected chi connectivity index (χ1v) is 8.92. The highest BCUT2D eigenvalue weighted by Gasteiger charge is 2.23. The van der Waals surface area contributed by atoms with Gasteiger partial charge < -0.3 is 0 Å². The molecule has 1 amide bonds. The molecule has 1 N–H and O–H groups in total. The number of nitrogens with one attached hydrogen (secondary N) is 1. The lowest BCUT2D eigenvalue weighted by molar-refractivity contribution is -0.119. The first-order valence-electron chi connectivity index (χ1n) is 7.07. The predicted molar refractivity (Wildman–Crippen MR) is 90.7 cm³/mol. The van der Waals surface area contributed by atoms with Crippen LogP contribution in [0.4, 0.5) is 14.5 Å². The number of nitrogens with zero attached hydrogens (tertiary/aromatic N) is 2. The number of carbonyl (C=O) groups is 1. The summed E-state index contributed by atoms with van der Waals surface area (Å²) in [5.74, 6) is -1.93. The molecule has 2 aromatic rings. The van der Waals surface area contributed by atoms with Crippen molar-refractivity contribution in [1.82, 2.24) is 5.43 Å². The fourth-order valence-electron chi connectivity index (χ4n) is 1.93. The summed E-state index contributed by atoms with van der Waals surface area (Å²) >= 11 is 0. The summed E-state index contributed by atoms with van der Waals surface area (Å²) in [6.07, 6.45) is 2.14. The van der Waals surface area contributed by atoms with Crippen molar-refractivity contribution in [2.75, 3.05) is 17.1 Å². The van der Waals surface area contributed by atoms with Gasteiger partial charge in [0, 0.05) is 0 Å². The molecule has 0 aliphatic heterocycles. The van der Waals surface area contributed by atoms with E-state index in [4.69, 9.17) is 0 Å². The number of benzene rings is 2. The van der Waals surface area contributed by atoms with E-state index in [1.807, 2.05) is 0 Å². The lowest BCUT2D eigenvalue weighted by atomic mass is 10.2. The minimum atomic E-state index is -3.88. The van der Waals surface area contributed by atoms with Gasteiger partial charge >= 0.3 is 0 Å². The van der Waals surface area contributed by atoms with E-state index in [1.165, 1.54) is 48.7 Å². The van der Waals surface area contributed by atoms with Gasteiger partial charge in [0.05, 0.1) is 18.2 Å². The number of hydrazone groups is 1. The maximum atomic E-state index is 13.8.